The van der Waals surface area contributed by atoms with Crippen molar-refractivity contribution in [3.05, 3.63) is 59.7 Å². The van der Waals surface area contributed by atoms with Crippen molar-refractivity contribution in [3.63, 3.8) is 0 Å². The minimum Gasteiger partial charge on any atom is -0.465 e. The van der Waals surface area contributed by atoms with Gasteiger partial charge >= 0.3 is 11.9 Å². The Bertz CT molecular complexity index is 647. The molecule has 0 heterocycles. The van der Waals surface area contributed by atoms with E-state index in [9.17, 15) is 9.59 Å². The van der Waals surface area contributed by atoms with E-state index in [1.165, 1.54) is 13.2 Å². The first kappa shape index (κ1) is 14.8. The molecule has 0 saturated carbocycles. The molecule has 0 aliphatic heterocycles. The van der Waals surface area contributed by atoms with E-state index in [-0.39, 0.29) is 6.61 Å². The Morgan fingerprint density at radius 1 is 0.905 bits per heavy atom. The molecule has 2 aromatic carbocycles. The normalized spacial score (nSPS) is 10.0. The van der Waals surface area contributed by atoms with E-state index < -0.39 is 11.9 Å². The van der Waals surface area contributed by atoms with Crippen molar-refractivity contribution in [1.82, 2.24) is 0 Å². The van der Waals surface area contributed by atoms with Gasteiger partial charge in [-0.1, -0.05) is 30.3 Å². The molecule has 0 fully saturated rings. The van der Waals surface area contributed by atoms with Crippen LogP contribution in [0.4, 0.5) is 0 Å². The van der Waals surface area contributed by atoms with Gasteiger partial charge in [0, 0.05) is 0 Å². The molecule has 0 saturated heterocycles. The molecule has 4 heteroatoms. The lowest BCUT2D eigenvalue weighted by Crippen LogP contribution is -2.08. The van der Waals surface area contributed by atoms with E-state index in [1.807, 2.05) is 30.3 Å². The lowest BCUT2D eigenvalue weighted by Gasteiger charge is -2.09. The minimum atomic E-state index is -0.488. The number of esters is 2. The molecule has 0 atom stereocenters. The van der Waals surface area contributed by atoms with Crippen molar-refractivity contribution in [2.24, 2.45) is 0 Å². The lowest BCUT2D eigenvalue weighted by molar-refractivity contribution is 0.0526. The molecule has 0 aliphatic rings. The van der Waals surface area contributed by atoms with Crippen molar-refractivity contribution in [2.45, 2.75) is 6.92 Å². The highest BCUT2D eigenvalue weighted by molar-refractivity contribution is 5.97. The molecule has 108 valence electrons. The van der Waals surface area contributed by atoms with Crippen LogP contribution in [-0.2, 0) is 9.47 Å². The van der Waals surface area contributed by atoms with E-state index in [0.717, 1.165) is 11.1 Å². The fourth-order valence-corrected chi connectivity index (χ4v) is 1.99. The van der Waals surface area contributed by atoms with Crippen molar-refractivity contribution >= 4 is 11.9 Å². The van der Waals surface area contributed by atoms with E-state index >= 15 is 0 Å². The topological polar surface area (TPSA) is 52.6 Å². The maximum atomic E-state index is 11.9. The molecule has 0 N–H and O–H groups in total. The Balaban J connectivity index is 2.52. The zero-order valence-corrected chi connectivity index (χ0v) is 12.0. The largest absolute Gasteiger partial charge is 0.465 e. The second kappa shape index (κ2) is 6.70. The molecule has 0 radical (unpaired) electrons. The van der Waals surface area contributed by atoms with E-state index in [0.29, 0.717) is 11.1 Å². The minimum absolute atomic E-state index is 0.280. The van der Waals surface area contributed by atoms with Crippen LogP contribution in [0.25, 0.3) is 11.1 Å². The third-order valence-electron chi connectivity index (χ3n) is 2.97. The molecule has 0 aromatic heterocycles. The van der Waals surface area contributed by atoms with Crippen LogP contribution in [0.3, 0.4) is 0 Å². The number of carbonyl (C=O) groups is 2. The number of methoxy groups -OCH3 is 1. The van der Waals surface area contributed by atoms with Gasteiger partial charge in [0.25, 0.3) is 0 Å². The van der Waals surface area contributed by atoms with Crippen molar-refractivity contribution in [1.29, 1.82) is 0 Å². The second-order valence-corrected chi connectivity index (χ2v) is 4.38. The number of benzene rings is 2. The first-order valence-electron chi connectivity index (χ1n) is 6.61. The van der Waals surface area contributed by atoms with Crippen LogP contribution in [0.5, 0.6) is 0 Å². The van der Waals surface area contributed by atoms with Crippen molar-refractivity contribution in [2.75, 3.05) is 13.7 Å². The predicted molar refractivity (Wildman–Crippen MR) is 79.2 cm³/mol. The summed E-state index contributed by atoms with van der Waals surface area (Å²) in [5.41, 5.74) is 2.33. The van der Waals surface area contributed by atoms with Gasteiger partial charge in [0.1, 0.15) is 0 Å². The van der Waals surface area contributed by atoms with E-state index in [1.54, 1.807) is 19.1 Å². The quantitative estimate of drug-likeness (QED) is 0.808. The van der Waals surface area contributed by atoms with Crippen LogP contribution < -0.4 is 0 Å². The molecule has 2 rings (SSSR count). The number of ether oxygens (including phenoxy) is 2. The van der Waals surface area contributed by atoms with Crippen LogP contribution in [0, 0.1) is 0 Å². The van der Waals surface area contributed by atoms with Gasteiger partial charge in [0.05, 0.1) is 24.8 Å². The number of carbonyl (C=O) groups excluding carboxylic acids is 2. The summed E-state index contributed by atoms with van der Waals surface area (Å²) >= 11 is 0. The SMILES string of the molecule is CCOC(=O)c1cc(C(=O)OC)cc(-c2ccccc2)c1. The Morgan fingerprint density at radius 3 is 2.10 bits per heavy atom. The van der Waals surface area contributed by atoms with Gasteiger partial charge in [-0.05, 0) is 36.2 Å². The number of hydrogen-bond donors (Lipinski definition) is 0. The van der Waals surface area contributed by atoms with Crippen LogP contribution in [0.15, 0.2) is 48.5 Å². The van der Waals surface area contributed by atoms with Crippen LogP contribution in [0.2, 0.25) is 0 Å². The van der Waals surface area contributed by atoms with Gasteiger partial charge < -0.3 is 9.47 Å². The van der Waals surface area contributed by atoms with Gasteiger partial charge in [0.2, 0.25) is 0 Å². The molecule has 0 amide bonds. The summed E-state index contributed by atoms with van der Waals surface area (Å²) in [6, 6.07) is 14.4. The zero-order valence-electron chi connectivity index (χ0n) is 12.0. The third kappa shape index (κ3) is 3.48. The summed E-state index contributed by atoms with van der Waals surface area (Å²) in [7, 11) is 1.31. The average molecular weight is 284 g/mol. The first-order chi connectivity index (χ1) is 10.2. The maximum Gasteiger partial charge on any atom is 0.338 e. The van der Waals surface area contributed by atoms with Gasteiger partial charge in [-0.2, -0.15) is 0 Å². The fraction of sp³-hybridized carbons (Fsp3) is 0.176. The predicted octanol–water partition coefficient (Wildman–Crippen LogP) is 3.32. The summed E-state index contributed by atoms with van der Waals surface area (Å²) < 4.78 is 9.73. The van der Waals surface area contributed by atoms with Crippen molar-refractivity contribution in [3.8, 4) is 11.1 Å². The highest BCUT2D eigenvalue weighted by atomic mass is 16.5. The molecule has 4 nitrogen and oxygen atoms in total. The highest BCUT2D eigenvalue weighted by Gasteiger charge is 2.14. The molecule has 2 aromatic rings. The van der Waals surface area contributed by atoms with Gasteiger partial charge in [-0.15, -0.1) is 0 Å². The summed E-state index contributed by atoms with van der Waals surface area (Å²) in [4.78, 5) is 23.7. The summed E-state index contributed by atoms with van der Waals surface area (Å²) in [6.07, 6.45) is 0. The van der Waals surface area contributed by atoms with Crippen LogP contribution in [0.1, 0.15) is 27.6 Å². The maximum absolute atomic E-state index is 11.9. The first-order valence-corrected chi connectivity index (χ1v) is 6.61. The Labute approximate surface area is 123 Å². The van der Waals surface area contributed by atoms with Crippen LogP contribution >= 0.6 is 0 Å². The van der Waals surface area contributed by atoms with Gasteiger partial charge in [-0.3, -0.25) is 0 Å². The number of hydrogen-bond acceptors (Lipinski definition) is 4. The third-order valence-corrected chi connectivity index (χ3v) is 2.97. The second-order valence-electron chi connectivity index (χ2n) is 4.38. The standard InChI is InChI=1S/C17H16O4/c1-3-21-17(19)15-10-13(12-7-5-4-6-8-12)9-14(11-15)16(18)20-2/h4-11H,3H2,1-2H3. The monoisotopic (exact) mass is 284 g/mol. The van der Waals surface area contributed by atoms with E-state index in [2.05, 4.69) is 0 Å². The van der Waals surface area contributed by atoms with Gasteiger partial charge in [0.15, 0.2) is 0 Å². The summed E-state index contributed by atoms with van der Waals surface area (Å²) in [6.45, 7) is 2.02. The molecular weight excluding hydrogens is 268 g/mol. The zero-order chi connectivity index (χ0) is 15.2. The van der Waals surface area contributed by atoms with E-state index in [4.69, 9.17) is 9.47 Å². The molecule has 0 unspecified atom stereocenters. The molecule has 21 heavy (non-hydrogen) atoms. The Morgan fingerprint density at radius 2 is 1.52 bits per heavy atom. The Kier molecular flexibility index (Phi) is 4.72. The molecule has 0 bridgehead atoms. The summed E-state index contributed by atoms with van der Waals surface area (Å²) in [5.74, 6) is -0.946. The highest BCUT2D eigenvalue weighted by Crippen LogP contribution is 2.23. The Hall–Kier alpha value is -2.62. The lowest BCUT2D eigenvalue weighted by atomic mass is 10.00. The average Bonchev–Trinajstić information content (AvgIpc) is 2.54. The fourth-order valence-electron chi connectivity index (χ4n) is 1.99. The summed E-state index contributed by atoms with van der Waals surface area (Å²) in [5, 5.41) is 0. The van der Waals surface area contributed by atoms with Gasteiger partial charge in [-0.25, -0.2) is 9.59 Å². The smallest absolute Gasteiger partial charge is 0.338 e. The molecule has 0 aliphatic carbocycles. The molecule has 0 spiro atoms. The number of rotatable bonds is 4. The van der Waals surface area contributed by atoms with Crippen LogP contribution in [-0.4, -0.2) is 25.7 Å². The van der Waals surface area contributed by atoms with Crippen molar-refractivity contribution < 1.29 is 19.1 Å². The molecular formula is C17H16O4.